The third kappa shape index (κ3) is 6.03. The van der Waals surface area contributed by atoms with Gasteiger partial charge in [-0.05, 0) is 16.7 Å². The molecular formula is C23H23NO. The first kappa shape index (κ1) is 17.2. The van der Waals surface area contributed by atoms with Gasteiger partial charge in [0, 0.05) is 13.1 Å². The van der Waals surface area contributed by atoms with E-state index in [9.17, 15) is 0 Å². The Labute approximate surface area is 150 Å². The van der Waals surface area contributed by atoms with Crippen molar-refractivity contribution in [3.8, 4) is 0 Å². The van der Waals surface area contributed by atoms with Gasteiger partial charge in [0.05, 0.1) is 6.61 Å². The van der Waals surface area contributed by atoms with Crippen LogP contribution in [0.25, 0.3) is 6.08 Å². The summed E-state index contributed by atoms with van der Waals surface area (Å²) < 4.78 is 0. The molecule has 0 N–H and O–H groups in total. The Morgan fingerprint density at radius 1 is 0.680 bits per heavy atom. The Balaban J connectivity index is 1.62. The molecule has 0 heterocycles. The van der Waals surface area contributed by atoms with Crippen LogP contribution in [0.5, 0.6) is 0 Å². The lowest BCUT2D eigenvalue weighted by molar-refractivity contribution is -0.169. The van der Waals surface area contributed by atoms with Crippen LogP contribution in [-0.2, 0) is 18.0 Å². The average molecular weight is 329 g/mol. The Bertz CT molecular complexity index is 754. The van der Waals surface area contributed by atoms with E-state index in [0.29, 0.717) is 6.61 Å². The topological polar surface area (TPSA) is 12.5 Å². The van der Waals surface area contributed by atoms with Crippen molar-refractivity contribution >= 4 is 6.08 Å². The third-order valence-corrected chi connectivity index (χ3v) is 3.88. The van der Waals surface area contributed by atoms with Crippen LogP contribution in [0.1, 0.15) is 16.7 Å². The van der Waals surface area contributed by atoms with Crippen LogP contribution < -0.4 is 0 Å². The lowest BCUT2D eigenvalue weighted by Crippen LogP contribution is -2.23. The molecule has 0 saturated heterocycles. The Morgan fingerprint density at radius 2 is 1.24 bits per heavy atom. The van der Waals surface area contributed by atoms with E-state index in [-0.39, 0.29) is 0 Å². The molecule has 0 amide bonds. The van der Waals surface area contributed by atoms with Crippen molar-refractivity contribution in [3.05, 3.63) is 114 Å². The van der Waals surface area contributed by atoms with E-state index in [4.69, 9.17) is 4.84 Å². The molecule has 126 valence electrons. The highest BCUT2D eigenvalue weighted by atomic mass is 16.7. The fourth-order valence-corrected chi connectivity index (χ4v) is 2.56. The molecule has 0 aliphatic carbocycles. The van der Waals surface area contributed by atoms with Gasteiger partial charge in [-0.15, -0.1) is 0 Å². The van der Waals surface area contributed by atoms with Crippen molar-refractivity contribution in [1.29, 1.82) is 0 Å². The van der Waals surface area contributed by atoms with Gasteiger partial charge in [-0.25, -0.2) is 0 Å². The maximum atomic E-state index is 6.05. The summed E-state index contributed by atoms with van der Waals surface area (Å²) in [6, 6.07) is 31.0. The van der Waals surface area contributed by atoms with E-state index in [1.54, 1.807) is 0 Å². The number of nitrogens with zero attached hydrogens (tertiary/aromatic N) is 1. The first-order valence-electron chi connectivity index (χ1n) is 8.57. The van der Waals surface area contributed by atoms with Crippen molar-refractivity contribution < 1.29 is 4.84 Å². The minimum Gasteiger partial charge on any atom is -0.294 e. The zero-order valence-corrected chi connectivity index (χ0v) is 14.3. The molecule has 0 spiro atoms. The third-order valence-electron chi connectivity index (χ3n) is 3.88. The van der Waals surface area contributed by atoms with Crippen LogP contribution in [-0.4, -0.2) is 11.6 Å². The smallest absolute Gasteiger partial charge is 0.0936 e. The van der Waals surface area contributed by atoms with Gasteiger partial charge >= 0.3 is 0 Å². The standard InChI is InChI=1S/C23H23NO/c1-4-11-21(12-5-1)17-10-18-24(19-22-13-6-2-7-14-22)25-20-23-15-8-3-9-16-23/h1-17H,18-20H2/b17-10+. The first-order chi connectivity index (χ1) is 12.4. The number of hydrogen-bond acceptors (Lipinski definition) is 2. The normalized spacial score (nSPS) is 11.2. The minimum absolute atomic E-state index is 0.576. The lowest BCUT2D eigenvalue weighted by Gasteiger charge is -2.20. The summed E-state index contributed by atoms with van der Waals surface area (Å²) >= 11 is 0. The van der Waals surface area contributed by atoms with E-state index in [2.05, 4.69) is 60.7 Å². The number of hydroxylamine groups is 2. The zero-order valence-electron chi connectivity index (χ0n) is 14.3. The largest absolute Gasteiger partial charge is 0.294 e. The van der Waals surface area contributed by atoms with E-state index >= 15 is 0 Å². The van der Waals surface area contributed by atoms with Crippen molar-refractivity contribution in [2.45, 2.75) is 13.2 Å². The molecule has 0 fully saturated rings. The lowest BCUT2D eigenvalue weighted by atomic mass is 10.2. The quantitative estimate of drug-likeness (QED) is 0.518. The van der Waals surface area contributed by atoms with Crippen LogP contribution in [0.4, 0.5) is 0 Å². The molecule has 25 heavy (non-hydrogen) atoms. The summed E-state index contributed by atoms with van der Waals surface area (Å²) in [4.78, 5) is 6.05. The highest BCUT2D eigenvalue weighted by Gasteiger charge is 2.05. The van der Waals surface area contributed by atoms with E-state index < -0.39 is 0 Å². The molecule has 3 aromatic rings. The molecular weight excluding hydrogens is 306 g/mol. The molecule has 0 aliphatic rings. The molecule has 0 aromatic heterocycles. The van der Waals surface area contributed by atoms with Gasteiger partial charge in [-0.3, -0.25) is 4.84 Å². The highest BCUT2D eigenvalue weighted by molar-refractivity contribution is 5.48. The minimum atomic E-state index is 0.576. The fourth-order valence-electron chi connectivity index (χ4n) is 2.56. The van der Waals surface area contributed by atoms with Crippen LogP contribution in [0.2, 0.25) is 0 Å². The molecule has 0 saturated carbocycles. The molecule has 0 bridgehead atoms. The summed E-state index contributed by atoms with van der Waals surface area (Å²) in [7, 11) is 0. The van der Waals surface area contributed by atoms with Crippen LogP contribution >= 0.6 is 0 Å². The van der Waals surface area contributed by atoms with Gasteiger partial charge < -0.3 is 0 Å². The van der Waals surface area contributed by atoms with Gasteiger partial charge in [0.15, 0.2) is 0 Å². The number of rotatable bonds is 8. The second kappa shape index (κ2) is 9.58. The van der Waals surface area contributed by atoms with Crippen LogP contribution in [0.3, 0.4) is 0 Å². The summed E-state index contributed by atoms with van der Waals surface area (Å²) in [5.41, 5.74) is 3.61. The summed E-state index contributed by atoms with van der Waals surface area (Å²) in [5.74, 6) is 0. The second-order valence-electron chi connectivity index (χ2n) is 5.88. The molecule has 2 nitrogen and oxygen atoms in total. The summed E-state index contributed by atoms with van der Waals surface area (Å²) in [6.45, 7) is 2.07. The Morgan fingerprint density at radius 3 is 1.88 bits per heavy atom. The van der Waals surface area contributed by atoms with Crippen molar-refractivity contribution in [1.82, 2.24) is 5.06 Å². The Kier molecular flexibility index (Phi) is 6.57. The molecule has 0 atom stereocenters. The molecule has 3 aromatic carbocycles. The average Bonchev–Trinajstić information content (AvgIpc) is 2.68. The number of benzene rings is 3. The van der Waals surface area contributed by atoms with Crippen LogP contribution in [0, 0.1) is 0 Å². The fraction of sp³-hybridized carbons (Fsp3) is 0.130. The van der Waals surface area contributed by atoms with Gasteiger partial charge in [-0.2, -0.15) is 5.06 Å². The molecule has 0 unspecified atom stereocenters. The molecule has 0 aliphatic heterocycles. The van der Waals surface area contributed by atoms with Crippen molar-refractivity contribution in [2.75, 3.05) is 6.54 Å². The van der Waals surface area contributed by atoms with E-state index in [1.807, 2.05) is 47.5 Å². The first-order valence-corrected chi connectivity index (χ1v) is 8.57. The van der Waals surface area contributed by atoms with Crippen LogP contribution in [0.15, 0.2) is 97.1 Å². The van der Waals surface area contributed by atoms with E-state index in [0.717, 1.165) is 13.1 Å². The predicted octanol–water partition coefficient (Wildman–Crippen LogP) is 5.33. The zero-order chi connectivity index (χ0) is 17.2. The monoisotopic (exact) mass is 329 g/mol. The molecule has 2 heteroatoms. The summed E-state index contributed by atoms with van der Waals surface area (Å²) in [5, 5.41) is 2.00. The van der Waals surface area contributed by atoms with Crippen molar-refractivity contribution in [3.63, 3.8) is 0 Å². The molecule has 3 rings (SSSR count). The maximum absolute atomic E-state index is 6.05. The van der Waals surface area contributed by atoms with Crippen molar-refractivity contribution in [2.24, 2.45) is 0 Å². The van der Waals surface area contributed by atoms with Gasteiger partial charge in [0.2, 0.25) is 0 Å². The SMILES string of the molecule is C(=C\c1ccccc1)/CN(Cc1ccccc1)OCc1ccccc1. The molecule has 0 radical (unpaired) electrons. The van der Waals surface area contributed by atoms with Gasteiger partial charge in [0.25, 0.3) is 0 Å². The van der Waals surface area contributed by atoms with Gasteiger partial charge in [-0.1, -0.05) is 103 Å². The predicted molar refractivity (Wildman–Crippen MR) is 104 cm³/mol. The maximum Gasteiger partial charge on any atom is 0.0936 e. The second-order valence-corrected chi connectivity index (χ2v) is 5.88. The summed E-state index contributed by atoms with van der Waals surface area (Å²) in [6.07, 6.45) is 4.27. The Hall–Kier alpha value is -2.68. The highest BCUT2D eigenvalue weighted by Crippen LogP contribution is 2.09. The van der Waals surface area contributed by atoms with E-state index in [1.165, 1.54) is 16.7 Å². The number of hydrogen-bond donors (Lipinski definition) is 0. The van der Waals surface area contributed by atoms with Gasteiger partial charge in [0.1, 0.15) is 0 Å².